The first kappa shape index (κ1) is 14.1. The van der Waals surface area contributed by atoms with Crippen molar-refractivity contribution in [1.29, 1.82) is 0 Å². The zero-order valence-corrected chi connectivity index (χ0v) is 11.8. The van der Waals surface area contributed by atoms with Crippen LogP contribution in [-0.4, -0.2) is 21.8 Å². The highest BCUT2D eigenvalue weighted by atomic mass is 16.4. The van der Waals surface area contributed by atoms with Gasteiger partial charge in [-0.15, -0.1) is 0 Å². The van der Waals surface area contributed by atoms with Crippen LogP contribution in [0.15, 0.2) is 24.3 Å². The summed E-state index contributed by atoms with van der Waals surface area (Å²) in [7, 11) is 0. The summed E-state index contributed by atoms with van der Waals surface area (Å²) in [6.45, 7) is 6.50. The van der Waals surface area contributed by atoms with Crippen LogP contribution < -0.4 is 0 Å². The van der Waals surface area contributed by atoms with E-state index in [9.17, 15) is 9.90 Å². The van der Waals surface area contributed by atoms with Crippen molar-refractivity contribution < 1.29 is 15.0 Å². The van der Waals surface area contributed by atoms with Gasteiger partial charge >= 0.3 is 5.97 Å². The summed E-state index contributed by atoms with van der Waals surface area (Å²) in [5.41, 5.74) is 1.63. The van der Waals surface area contributed by atoms with Gasteiger partial charge in [-0.1, -0.05) is 45.0 Å². The van der Waals surface area contributed by atoms with Gasteiger partial charge in [0, 0.05) is 6.42 Å². The molecule has 0 saturated heterocycles. The molecule has 1 aliphatic rings. The van der Waals surface area contributed by atoms with Crippen molar-refractivity contribution in [3.63, 3.8) is 0 Å². The van der Waals surface area contributed by atoms with E-state index < -0.39 is 11.6 Å². The Bertz CT molecular complexity index is 462. The van der Waals surface area contributed by atoms with Crippen LogP contribution in [0.5, 0.6) is 0 Å². The molecule has 0 unspecified atom stereocenters. The number of hydrogen-bond acceptors (Lipinski definition) is 2. The van der Waals surface area contributed by atoms with Crippen molar-refractivity contribution in [2.75, 3.05) is 0 Å². The van der Waals surface area contributed by atoms with Crippen LogP contribution in [0.1, 0.15) is 44.7 Å². The van der Waals surface area contributed by atoms with Gasteiger partial charge in [0.25, 0.3) is 0 Å². The summed E-state index contributed by atoms with van der Waals surface area (Å²) in [5, 5.41) is 19.1. The number of benzene rings is 1. The molecule has 0 aliphatic heterocycles. The molecule has 0 amide bonds. The zero-order valence-electron chi connectivity index (χ0n) is 11.8. The molecule has 19 heavy (non-hydrogen) atoms. The lowest BCUT2D eigenvalue weighted by atomic mass is 9.68. The highest BCUT2D eigenvalue weighted by Crippen LogP contribution is 2.40. The summed E-state index contributed by atoms with van der Waals surface area (Å²) in [5.74, 6) is -1.17. The molecule has 1 aromatic rings. The Morgan fingerprint density at radius 2 is 1.79 bits per heavy atom. The van der Waals surface area contributed by atoms with E-state index in [2.05, 4.69) is 32.9 Å². The van der Waals surface area contributed by atoms with E-state index in [0.29, 0.717) is 19.3 Å². The van der Waals surface area contributed by atoms with Crippen molar-refractivity contribution in [3.05, 3.63) is 35.4 Å². The highest BCUT2D eigenvalue weighted by Gasteiger charge is 2.46. The first-order chi connectivity index (χ1) is 8.70. The van der Waals surface area contributed by atoms with Crippen molar-refractivity contribution in [2.24, 2.45) is 5.92 Å². The molecule has 3 heteroatoms. The lowest BCUT2D eigenvalue weighted by Crippen LogP contribution is -2.48. The smallest absolute Gasteiger partial charge is 0.306 e. The number of aliphatic hydroxyl groups is 1. The van der Waals surface area contributed by atoms with E-state index in [-0.39, 0.29) is 11.3 Å². The van der Waals surface area contributed by atoms with Crippen LogP contribution >= 0.6 is 0 Å². The Labute approximate surface area is 114 Å². The molecule has 0 radical (unpaired) electrons. The van der Waals surface area contributed by atoms with Crippen LogP contribution in [0.3, 0.4) is 0 Å². The van der Waals surface area contributed by atoms with E-state index in [4.69, 9.17) is 5.11 Å². The van der Waals surface area contributed by atoms with Crippen LogP contribution in [-0.2, 0) is 16.6 Å². The van der Waals surface area contributed by atoms with Crippen LogP contribution in [0.25, 0.3) is 0 Å². The van der Waals surface area contributed by atoms with Crippen LogP contribution in [0.2, 0.25) is 0 Å². The second-order valence-corrected chi connectivity index (χ2v) is 6.79. The monoisotopic (exact) mass is 262 g/mol. The minimum absolute atomic E-state index is 0.125. The first-order valence-corrected chi connectivity index (χ1v) is 6.74. The van der Waals surface area contributed by atoms with Gasteiger partial charge in [-0.2, -0.15) is 0 Å². The Morgan fingerprint density at radius 3 is 2.21 bits per heavy atom. The molecule has 1 fully saturated rings. The molecule has 3 nitrogen and oxygen atoms in total. The fourth-order valence-corrected chi connectivity index (χ4v) is 2.68. The van der Waals surface area contributed by atoms with Crippen molar-refractivity contribution in [2.45, 2.75) is 51.0 Å². The summed E-state index contributed by atoms with van der Waals surface area (Å²) in [4.78, 5) is 10.8. The van der Waals surface area contributed by atoms with E-state index >= 15 is 0 Å². The Kier molecular flexibility index (Phi) is 3.43. The summed E-state index contributed by atoms with van der Waals surface area (Å²) < 4.78 is 0. The number of rotatable bonds is 3. The van der Waals surface area contributed by atoms with Crippen molar-refractivity contribution in [3.8, 4) is 0 Å². The van der Waals surface area contributed by atoms with Gasteiger partial charge in [-0.25, -0.2) is 0 Å². The van der Waals surface area contributed by atoms with Gasteiger partial charge < -0.3 is 10.2 Å². The maximum absolute atomic E-state index is 10.8. The molecule has 2 N–H and O–H groups in total. The number of carbonyl (C=O) groups is 1. The van der Waals surface area contributed by atoms with Gasteiger partial charge in [-0.3, -0.25) is 4.79 Å². The highest BCUT2D eigenvalue weighted by molar-refractivity contribution is 5.71. The van der Waals surface area contributed by atoms with Crippen LogP contribution in [0.4, 0.5) is 0 Å². The van der Waals surface area contributed by atoms with Crippen molar-refractivity contribution >= 4 is 5.97 Å². The molecule has 1 aliphatic carbocycles. The number of hydrogen-bond donors (Lipinski definition) is 2. The minimum atomic E-state index is -0.827. The zero-order chi connectivity index (χ0) is 14.3. The quantitative estimate of drug-likeness (QED) is 0.880. The SMILES string of the molecule is CC(C)(C)c1ccc(CC2(O)CC(C(=O)O)C2)cc1. The van der Waals surface area contributed by atoms with E-state index in [1.54, 1.807) is 0 Å². The fourth-order valence-electron chi connectivity index (χ4n) is 2.68. The van der Waals surface area contributed by atoms with Gasteiger partial charge in [0.15, 0.2) is 0 Å². The summed E-state index contributed by atoms with van der Waals surface area (Å²) >= 11 is 0. The molecule has 0 aromatic heterocycles. The second kappa shape index (κ2) is 4.64. The van der Waals surface area contributed by atoms with E-state index in [0.717, 1.165) is 5.56 Å². The average molecular weight is 262 g/mol. The third-order valence-electron chi connectivity index (χ3n) is 3.96. The molecule has 0 atom stereocenters. The average Bonchev–Trinajstić information content (AvgIpc) is 2.25. The largest absolute Gasteiger partial charge is 0.481 e. The third kappa shape index (κ3) is 3.16. The maximum Gasteiger partial charge on any atom is 0.306 e. The Balaban J connectivity index is 2.00. The third-order valence-corrected chi connectivity index (χ3v) is 3.96. The predicted octanol–water partition coefficient (Wildman–Crippen LogP) is 2.75. The van der Waals surface area contributed by atoms with E-state index in [1.807, 2.05) is 12.1 Å². The second-order valence-electron chi connectivity index (χ2n) is 6.79. The molecule has 0 spiro atoms. The lowest BCUT2D eigenvalue weighted by molar-refractivity contribution is -0.158. The molecule has 0 bridgehead atoms. The molecule has 2 rings (SSSR count). The first-order valence-electron chi connectivity index (χ1n) is 6.74. The normalized spacial score (nSPS) is 26.8. The molecular weight excluding hydrogens is 240 g/mol. The Morgan fingerprint density at radius 1 is 1.26 bits per heavy atom. The van der Waals surface area contributed by atoms with Gasteiger partial charge in [0.05, 0.1) is 11.5 Å². The van der Waals surface area contributed by atoms with E-state index in [1.165, 1.54) is 5.56 Å². The van der Waals surface area contributed by atoms with Crippen LogP contribution in [0, 0.1) is 5.92 Å². The van der Waals surface area contributed by atoms with Gasteiger partial charge in [-0.05, 0) is 29.4 Å². The summed E-state index contributed by atoms with van der Waals surface area (Å²) in [6, 6.07) is 8.25. The molecule has 1 saturated carbocycles. The lowest BCUT2D eigenvalue weighted by Gasteiger charge is -2.41. The van der Waals surface area contributed by atoms with Gasteiger partial charge in [0.2, 0.25) is 0 Å². The topological polar surface area (TPSA) is 57.5 Å². The van der Waals surface area contributed by atoms with Crippen molar-refractivity contribution in [1.82, 2.24) is 0 Å². The molecule has 0 heterocycles. The standard InChI is InChI=1S/C16H22O3/c1-15(2,3)13-6-4-11(5-7-13)8-16(19)9-12(10-16)14(17)18/h4-7,12,19H,8-10H2,1-3H3,(H,17,18). The summed E-state index contributed by atoms with van der Waals surface area (Å²) in [6.07, 6.45) is 1.27. The maximum atomic E-state index is 10.8. The molecule has 104 valence electrons. The number of aliphatic carboxylic acids is 1. The number of carboxylic acids is 1. The molecule has 1 aromatic carbocycles. The molecular formula is C16H22O3. The predicted molar refractivity (Wildman–Crippen MR) is 74.2 cm³/mol. The fraction of sp³-hybridized carbons (Fsp3) is 0.562. The van der Waals surface area contributed by atoms with Gasteiger partial charge in [0.1, 0.15) is 0 Å². The Hall–Kier alpha value is -1.35. The minimum Gasteiger partial charge on any atom is -0.481 e. The number of carboxylic acid groups (broad SMARTS) is 1.